The van der Waals surface area contributed by atoms with Crippen molar-refractivity contribution in [3.63, 3.8) is 0 Å². The number of ether oxygens (including phenoxy) is 1. The van der Waals surface area contributed by atoms with Gasteiger partial charge < -0.3 is 14.9 Å². The zero-order valence-electron chi connectivity index (χ0n) is 18.8. The van der Waals surface area contributed by atoms with Crippen LogP contribution in [0.25, 0.3) is 0 Å². The smallest absolute Gasteiger partial charge is 0.309 e. The van der Waals surface area contributed by atoms with E-state index in [9.17, 15) is 9.59 Å². The second kappa shape index (κ2) is 12.2. The van der Waals surface area contributed by atoms with E-state index in [1.54, 1.807) is 19.4 Å². The predicted octanol–water partition coefficient (Wildman–Crippen LogP) is 5.14. The summed E-state index contributed by atoms with van der Waals surface area (Å²) in [5.41, 5.74) is 1.09. The molecule has 1 aliphatic heterocycles. The molecule has 4 atom stereocenters. The lowest BCUT2D eigenvalue weighted by molar-refractivity contribution is -0.151. The number of aliphatic hydroxyl groups is 1. The largest absolute Gasteiger partial charge is 0.481 e. The van der Waals surface area contributed by atoms with Gasteiger partial charge in [0.2, 0.25) is 0 Å². The van der Waals surface area contributed by atoms with Crippen molar-refractivity contribution in [3.05, 3.63) is 23.8 Å². The number of fused-ring (bicyclic) bond motifs is 1. The highest BCUT2D eigenvalue weighted by molar-refractivity contribution is 5.73. The number of rotatable bonds is 3. The van der Waals surface area contributed by atoms with Crippen molar-refractivity contribution in [3.8, 4) is 0 Å². The van der Waals surface area contributed by atoms with Crippen molar-refractivity contribution >= 4 is 11.9 Å². The predicted molar refractivity (Wildman–Crippen MR) is 115 cm³/mol. The highest BCUT2D eigenvalue weighted by Gasteiger charge is 2.30. The van der Waals surface area contributed by atoms with Crippen LogP contribution >= 0.6 is 0 Å². The summed E-state index contributed by atoms with van der Waals surface area (Å²) in [4.78, 5) is 20.5. The number of aliphatic carboxylic acids is 1. The van der Waals surface area contributed by atoms with Gasteiger partial charge in [-0.3, -0.25) is 9.59 Å². The van der Waals surface area contributed by atoms with Gasteiger partial charge in [-0.15, -0.1) is 0 Å². The second-order valence-corrected chi connectivity index (χ2v) is 8.94. The first-order valence-corrected chi connectivity index (χ1v) is 11.1. The van der Waals surface area contributed by atoms with Crippen molar-refractivity contribution in [2.75, 3.05) is 6.61 Å². The molecule has 3 aliphatic rings. The molecule has 2 N–H and O–H groups in total. The highest BCUT2D eigenvalue weighted by Crippen LogP contribution is 2.41. The fourth-order valence-corrected chi connectivity index (χ4v) is 3.82. The SMILES string of the molecule is CCC(C)(C)C(=O)O.CC[C@H]1C(C)C=CC2=CCCC[C@@H]21.O=C1CC(O)CCO1. The zero-order chi connectivity index (χ0) is 22.0. The molecule has 5 nitrogen and oxygen atoms in total. The fraction of sp³-hybridized carbons (Fsp3) is 0.750. The molecular weight excluding hydrogens is 368 g/mol. The molecule has 0 radical (unpaired) electrons. The number of cyclic esters (lactones) is 1. The van der Waals surface area contributed by atoms with Gasteiger partial charge in [0.25, 0.3) is 0 Å². The number of carbonyl (C=O) groups is 2. The maximum Gasteiger partial charge on any atom is 0.309 e. The number of allylic oxidation sites excluding steroid dienone is 4. The zero-order valence-corrected chi connectivity index (χ0v) is 18.8. The van der Waals surface area contributed by atoms with Crippen LogP contribution in [-0.2, 0) is 14.3 Å². The Morgan fingerprint density at radius 2 is 1.97 bits per heavy atom. The van der Waals surface area contributed by atoms with Gasteiger partial charge in [-0.2, -0.15) is 0 Å². The number of esters is 1. The monoisotopic (exact) mass is 408 g/mol. The first kappa shape index (κ1) is 25.4. The van der Waals surface area contributed by atoms with Crippen LogP contribution in [-0.4, -0.2) is 34.9 Å². The lowest BCUT2D eigenvalue weighted by atomic mass is 9.69. The molecule has 0 aromatic carbocycles. The third-order valence-corrected chi connectivity index (χ3v) is 6.36. The number of hydrogen-bond acceptors (Lipinski definition) is 4. The molecule has 0 saturated carbocycles. The molecule has 5 heteroatoms. The summed E-state index contributed by atoms with van der Waals surface area (Å²) in [6.07, 6.45) is 13.7. The Labute approximate surface area is 176 Å². The molecule has 166 valence electrons. The topological polar surface area (TPSA) is 83.8 Å². The Hall–Kier alpha value is -1.62. The van der Waals surface area contributed by atoms with Crippen molar-refractivity contribution in [2.24, 2.45) is 23.2 Å². The molecule has 2 unspecified atom stereocenters. The van der Waals surface area contributed by atoms with Gasteiger partial charge in [-0.25, -0.2) is 0 Å². The average Bonchev–Trinajstić information content (AvgIpc) is 2.68. The van der Waals surface area contributed by atoms with E-state index in [0.717, 1.165) is 17.8 Å². The van der Waals surface area contributed by atoms with E-state index in [0.29, 0.717) is 19.4 Å². The maximum atomic E-state index is 10.3. The number of carboxylic acids is 1. The van der Waals surface area contributed by atoms with Gasteiger partial charge in [0.1, 0.15) is 0 Å². The normalized spacial score (nSPS) is 28.5. The molecule has 0 bridgehead atoms. The van der Waals surface area contributed by atoms with E-state index in [1.807, 2.05) is 6.92 Å². The molecule has 0 amide bonds. The minimum Gasteiger partial charge on any atom is -0.481 e. The molecule has 2 aliphatic carbocycles. The molecule has 0 aromatic rings. The van der Waals surface area contributed by atoms with E-state index in [1.165, 1.54) is 25.7 Å². The molecule has 1 heterocycles. The molecule has 29 heavy (non-hydrogen) atoms. The quantitative estimate of drug-likeness (QED) is 0.632. The summed E-state index contributed by atoms with van der Waals surface area (Å²) >= 11 is 0. The van der Waals surface area contributed by atoms with Gasteiger partial charge in [-0.1, -0.05) is 45.4 Å². The fourth-order valence-electron chi connectivity index (χ4n) is 3.82. The van der Waals surface area contributed by atoms with Gasteiger partial charge >= 0.3 is 11.9 Å². The average molecular weight is 409 g/mol. The van der Waals surface area contributed by atoms with Gasteiger partial charge in [0, 0.05) is 6.42 Å². The summed E-state index contributed by atoms with van der Waals surface area (Å²) in [5, 5.41) is 17.2. The lowest BCUT2D eigenvalue weighted by Crippen LogP contribution is -2.26. The van der Waals surface area contributed by atoms with Crippen molar-refractivity contribution in [2.45, 2.75) is 85.7 Å². The van der Waals surface area contributed by atoms with E-state index < -0.39 is 17.5 Å². The van der Waals surface area contributed by atoms with Crippen LogP contribution in [0.1, 0.15) is 79.6 Å². The van der Waals surface area contributed by atoms with E-state index in [4.69, 9.17) is 10.2 Å². The molecular formula is C24H40O5. The Morgan fingerprint density at radius 1 is 1.28 bits per heavy atom. The Morgan fingerprint density at radius 3 is 2.41 bits per heavy atom. The first-order chi connectivity index (χ1) is 13.6. The summed E-state index contributed by atoms with van der Waals surface area (Å²) in [7, 11) is 0. The van der Waals surface area contributed by atoms with Crippen LogP contribution in [0.5, 0.6) is 0 Å². The molecule has 1 fully saturated rings. The van der Waals surface area contributed by atoms with E-state index >= 15 is 0 Å². The number of hydrogen-bond donors (Lipinski definition) is 2. The third kappa shape index (κ3) is 8.33. The van der Waals surface area contributed by atoms with Gasteiger partial charge in [-0.05, 0) is 62.9 Å². The van der Waals surface area contributed by atoms with Crippen LogP contribution in [0.2, 0.25) is 0 Å². The molecule has 0 aromatic heterocycles. The van der Waals surface area contributed by atoms with Crippen molar-refractivity contribution in [1.82, 2.24) is 0 Å². The molecule has 1 saturated heterocycles. The lowest BCUT2D eigenvalue weighted by Gasteiger charge is -2.36. The standard InChI is InChI=1S/C13H20.C6H12O2.C5H8O3/c1-3-12-10(2)8-9-11-6-4-5-7-13(11)12;1-4-6(2,3)5(7)8;6-4-1-2-8-5(7)3-4/h6,8-10,12-13H,3-5,7H2,1-2H3;4H2,1-3H3,(H,7,8);4,6H,1-3H2/t10?,12-,13-;;/m0../s1. The van der Waals surface area contributed by atoms with Crippen LogP contribution < -0.4 is 0 Å². The maximum absolute atomic E-state index is 10.3. The number of aliphatic hydroxyl groups excluding tert-OH is 1. The van der Waals surface area contributed by atoms with Crippen molar-refractivity contribution < 1.29 is 24.5 Å². The van der Waals surface area contributed by atoms with E-state index in [2.05, 4.69) is 36.8 Å². The van der Waals surface area contributed by atoms with Crippen LogP contribution in [0.15, 0.2) is 23.8 Å². The Bertz CT molecular complexity index is 590. The van der Waals surface area contributed by atoms with Crippen LogP contribution in [0.3, 0.4) is 0 Å². The minimum atomic E-state index is -0.722. The van der Waals surface area contributed by atoms with E-state index in [-0.39, 0.29) is 12.4 Å². The van der Waals surface area contributed by atoms with Gasteiger partial charge in [0.15, 0.2) is 0 Å². The Balaban J connectivity index is 0.000000230. The third-order valence-electron chi connectivity index (χ3n) is 6.36. The summed E-state index contributed by atoms with van der Waals surface area (Å²) in [6.45, 7) is 10.4. The highest BCUT2D eigenvalue weighted by atomic mass is 16.5. The number of carbonyl (C=O) groups excluding carboxylic acids is 1. The summed E-state index contributed by atoms with van der Waals surface area (Å²) in [6, 6.07) is 0. The van der Waals surface area contributed by atoms with Crippen LogP contribution in [0, 0.1) is 23.2 Å². The molecule has 3 rings (SSSR count). The summed E-state index contributed by atoms with van der Waals surface area (Å²) < 4.78 is 4.55. The van der Waals surface area contributed by atoms with Crippen molar-refractivity contribution in [1.29, 1.82) is 0 Å². The first-order valence-electron chi connectivity index (χ1n) is 11.1. The summed E-state index contributed by atoms with van der Waals surface area (Å²) in [5.74, 6) is 1.59. The number of carboxylic acid groups (broad SMARTS) is 1. The Kier molecular flexibility index (Phi) is 10.7. The minimum absolute atomic E-state index is 0.167. The van der Waals surface area contributed by atoms with Crippen LogP contribution in [0.4, 0.5) is 0 Å². The van der Waals surface area contributed by atoms with Gasteiger partial charge in [0.05, 0.1) is 24.5 Å². The second-order valence-electron chi connectivity index (χ2n) is 8.94. The molecule has 0 spiro atoms.